The van der Waals surface area contributed by atoms with Crippen LogP contribution in [0.5, 0.6) is 0 Å². The van der Waals surface area contributed by atoms with E-state index < -0.39 is 13.0 Å². The fourth-order valence-corrected chi connectivity index (χ4v) is 4.17. The van der Waals surface area contributed by atoms with Crippen LogP contribution in [0.3, 0.4) is 0 Å². The molecule has 0 fully saturated rings. The van der Waals surface area contributed by atoms with Crippen molar-refractivity contribution in [1.82, 2.24) is 4.90 Å². The zero-order valence-electron chi connectivity index (χ0n) is 12.0. The van der Waals surface area contributed by atoms with Crippen molar-refractivity contribution in [3.05, 3.63) is 66.2 Å². The summed E-state index contributed by atoms with van der Waals surface area (Å²) < 4.78 is 13.0. The quantitative estimate of drug-likeness (QED) is 0.883. The van der Waals surface area contributed by atoms with Gasteiger partial charge in [0, 0.05) is 19.4 Å². The van der Waals surface area contributed by atoms with E-state index in [1.54, 1.807) is 68.7 Å². The van der Waals surface area contributed by atoms with Crippen LogP contribution in [0.25, 0.3) is 0 Å². The van der Waals surface area contributed by atoms with Crippen LogP contribution in [0.15, 0.2) is 60.7 Å². The normalized spacial score (nSPS) is 15.0. The van der Waals surface area contributed by atoms with E-state index in [2.05, 4.69) is 0 Å². The number of amides is 1. The molecule has 0 aromatic heterocycles. The van der Waals surface area contributed by atoms with Gasteiger partial charge in [-0.2, -0.15) is 0 Å². The maximum absolute atomic E-state index is 13.0. The molecule has 2 aromatic rings. The Kier molecular flexibility index (Phi) is 4.61. The van der Waals surface area contributed by atoms with Crippen LogP contribution in [0, 0.1) is 0 Å². The van der Waals surface area contributed by atoms with Gasteiger partial charge < -0.3 is 9.79 Å². The van der Waals surface area contributed by atoms with Crippen molar-refractivity contribution < 1.29 is 14.3 Å². The summed E-state index contributed by atoms with van der Waals surface area (Å²) in [6, 6.07) is 17.1. The van der Waals surface area contributed by atoms with E-state index in [4.69, 9.17) is 0 Å². The van der Waals surface area contributed by atoms with E-state index >= 15 is 0 Å². The summed E-state index contributed by atoms with van der Waals surface area (Å²) in [4.78, 5) is 24.4. The number of carbonyl (C=O) groups excluding carboxylic acids is 1. The van der Waals surface area contributed by atoms with Crippen LogP contribution in [0.4, 0.5) is 0 Å². The van der Waals surface area contributed by atoms with Gasteiger partial charge in [-0.25, -0.2) is 0 Å². The van der Waals surface area contributed by atoms with Crippen LogP contribution >= 0.6 is 7.37 Å². The van der Waals surface area contributed by atoms with Crippen molar-refractivity contribution in [2.24, 2.45) is 0 Å². The summed E-state index contributed by atoms with van der Waals surface area (Å²) in [6.45, 7) is 0. The van der Waals surface area contributed by atoms with Gasteiger partial charge in [-0.15, -0.1) is 0 Å². The highest BCUT2D eigenvalue weighted by Gasteiger charge is 2.40. The molecule has 1 N–H and O–H groups in total. The van der Waals surface area contributed by atoms with Gasteiger partial charge in [0.2, 0.25) is 13.3 Å². The van der Waals surface area contributed by atoms with Gasteiger partial charge in [-0.3, -0.25) is 9.36 Å². The molecule has 110 valence electrons. The van der Waals surface area contributed by atoms with Crippen LogP contribution < -0.4 is 5.30 Å². The predicted molar refractivity (Wildman–Crippen MR) is 83.8 cm³/mol. The summed E-state index contributed by atoms with van der Waals surface area (Å²) in [5, 5.41) is 0.286. The maximum atomic E-state index is 13.0. The second-order valence-corrected chi connectivity index (χ2v) is 7.28. The molecule has 2 aromatic carbocycles. The van der Waals surface area contributed by atoms with Crippen molar-refractivity contribution in [1.29, 1.82) is 0 Å². The molecule has 2 rings (SSSR count). The third-order valence-electron chi connectivity index (χ3n) is 3.27. The highest BCUT2D eigenvalue weighted by atomic mass is 31.2. The first-order valence-electron chi connectivity index (χ1n) is 6.59. The van der Waals surface area contributed by atoms with Crippen LogP contribution in [-0.4, -0.2) is 29.8 Å². The molecule has 1 amide bonds. The standard InChI is InChI=1S/C16H18NO3P/c1-17(2)16(18)15(13-9-5-3-6-10-13)21(19,20)14-11-7-4-8-12-14/h3-12,15H,1-2H3,(H,19,20). The third kappa shape index (κ3) is 3.23. The Morgan fingerprint density at radius 3 is 1.95 bits per heavy atom. The van der Waals surface area contributed by atoms with Gasteiger partial charge >= 0.3 is 0 Å². The van der Waals surface area contributed by atoms with Gasteiger partial charge in [0.15, 0.2) is 0 Å². The van der Waals surface area contributed by atoms with Gasteiger partial charge in [0.25, 0.3) is 0 Å². The lowest BCUT2D eigenvalue weighted by Crippen LogP contribution is -2.30. The minimum absolute atomic E-state index is 0.286. The fourth-order valence-electron chi connectivity index (χ4n) is 2.16. The summed E-state index contributed by atoms with van der Waals surface area (Å²) in [6.07, 6.45) is 0. The summed E-state index contributed by atoms with van der Waals surface area (Å²) >= 11 is 0. The highest BCUT2D eigenvalue weighted by Crippen LogP contribution is 2.55. The van der Waals surface area contributed by atoms with E-state index in [-0.39, 0.29) is 11.2 Å². The average Bonchev–Trinajstić information content (AvgIpc) is 2.49. The Morgan fingerprint density at radius 1 is 1.00 bits per heavy atom. The molecule has 0 saturated carbocycles. The second-order valence-electron chi connectivity index (χ2n) is 5.00. The van der Waals surface area contributed by atoms with Gasteiger partial charge in [-0.1, -0.05) is 48.5 Å². The molecule has 0 aliphatic carbocycles. The molecule has 2 atom stereocenters. The number of likely N-dealkylation sites (N-methyl/N-ethyl adjacent to an activating group) is 1. The van der Waals surface area contributed by atoms with Crippen LogP contribution in [0.1, 0.15) is 11.2 Å². The molecule has 0 aliphatic heterocycles. The maximum Gasteiger partial charge on any atom is 0.246 e. The topological polar surface area (TPSA) is 57.6 Å². The van der Waals surface area contributed by atoms with Crippen molar-refractivity contribution in [2.75, 3.05) is 14.1 Å². The third-order valence-corrected chi connectivity index (χ3v) is 5.52. The lowest BCUT2D eigenvalue weighted by atomic mass is 10.1. The molecule has 2 unspecified atom stereocenters. The number of hydrogen-bond acceptors (Lipinski definition) is 2. The molecule has 0 radical (unpaired) electrons. The number of carbonyl (C=O) groups is 1. The largest absolute Gasteiger partial charge is 0.348 e. The molecule has 21 heavy (non-hydrogen) atoms. The Labute approximate surface area is 124 Å². The highest BCUT2D eigenvalue weighted by molar-refractivity contribution is 7.67. The first-order valence-corrected chi connectivity index (χ1v) is 8.31. The fraction of sp³-hybridized carbons (Fsp3) is 0.188. The van der Waals surface area contributed by atoms with Crippen LogP contribution in [0.2, 0.25) is 0 Å². The molecule has 4 nitrogen and oxygen atoms in total. The van der Waals surface area contributed by atoms with Gasteiger partial charge in [-0.05, 0) is 17.7 Å². The Morgan fingerprint density at radius 2 is 1.48 bits per heavy atom. The van der Waals surface area contributed by atoms with Gasteiger partial charge in [0.1, 0.15) is 5.66 Å². The summed E-state index contributed by atoms with van der Waals surface area (Å²) in [5.41, 5.74) is -0.540. The first kappa shape index (κ1) is 15.5. The minimum atomic E-state index is -3.88. The molecule has 0 bridgehead atoms. The van der Waals surface area contributed by atoms with Crippen LogP contribution in [-0.2, 0) is 9.36 Å². The first-order chi connectivity index (χ1) is 9.94. The number of rotatable bonds is 4. The molecule has 0 spiro atoms. The van der Waals surface area contributed by atoms with E-state index in [0.29, 0.717) is 5.56 Å². The lowest BCUT2D eigenvalue weighted by molar-refractivity contribution is -0.128. The smallest absolute Gasteiger partial charge is 0.246 e. The Balaban J connectivity index is 2.55. The van der Waals surface area contributed by atoms with Gasteiger partial charge in [0.05, 0.1) is 0 Å². The van der Waals surface area contributed by atoms with Crippen molar-refractivity contribution in [3.63, 3.8) is 0 Å². The second kappa shape index (κ2) is 6.25. The molecule has 5 heteroatoms. The average molecular weight is 303 g/mol. The molecule has 0 saturated heterocycles. The summed E-state index contributed by atoms with van der Waals surface area (Å²) in [7, 11) is -0.705. The van der Waals surface area contributed by atoms with E-state index in [0.717, 1.165) is 0 Å². The monoisotopic (exact) mass is 303 g/mol. The van der Waals surface area contributed by atoms with Crippen molar-refractivity contribution in [3.8, 4) is 0 Å². The SMILES string of the molecule is CN(C)C(=O)C(c1ccccc1)P(=O)(O)c1ccccc1. The van der Waals surface area contributed by atoms with E-state index in [1.165, 1.54) is 4.90 Å². The minimum Gasteiger partial charge on any atom is -0.348 e. The zero-order valence-corrected chi connectivity index (χ0v) is 12.9. The van der Waals surface area contributed by atoms with E-state index in [9.17, 15) is 14.3 Å². The lowest BCUT2D eigenvalue weighted by Gasteiger charge is -2.25. The Hall–Kier alpha value is -1.90. The predicted octanol–water partition coefficient (Wildman–Crippen LogP) is 2.41. The number of nitrogens with zero attached hydrogens (tertiary/aromatic N) is 1. The van der Waals surface area contributed by atoms with Crippen molar-refractivity contribution >= 4 is 18.6 Å². The summed E-state index contributed by atoms with van der Waals surface area (Å²) in [5.74, 6) is -0.379. The number of hydrogen-bond donors (Lipinski definition) is 1. The molecule has 0 aliphatic rings. The Bertz CT molecular complexity index is 656. The zero-order chi connectivity index (χ0) is 15.5. The van der Waals surface area contributed by atoms with Crippen molar-refractivity contribution in [2.45, 2.75) is 5.66 Å². The van der Waals surface area contributed by atoms with E-state index in [1.807, 2.05) is 6.07 Å². The molecular formula is C16H18NO3P. The molecule has 0 heterocycles. The molecular weight excluding hydrogens is 285 g/mol. The number of benzene rings is 2.